The zero-order chi connectivity index (χ0) is 11.3. The highest BCUT2D eigenvalue weighted by Gasteiger charge is 2.23. The lowest BCUT2D eigenvalue weighted by molar-refractivity contribution is 0.175. The van der Waals surface area contributed by atoms with Gasteiger partial charge in [-0.15, -0.1) is 0 Å². The molecular formula is C12H20N2O. The fourth-order valence-electron chi connectivity index (χ4n) is 1.24. The smallest absolute Gasteiger partial charge is 0.119 e. The van der Waals surface area contributed by atoms with E-state index < -0.39 is 0 Å². The second-order valence-electron chi connectivity index (χ2n) is 4.71. The quantitative estimate of drug-likeness (QED) is 0.587. The van der Waals surface area contributed by atoms with E-state index in [4.69, 9.17) is 10.6 Å². The average Bonchev–Trinajstić information content (AvgIpc) is 2.18. The van der Waals surface area contributed by atoms with Crippen molar-refractivity contribution in [2.45, 2.75) is 26.8 Å². The van der Waals surface area contributed by atoms with Crippen molar-refractivity contribution in [1.82, 2.24) is 5.43 Å². The van der Waals surface area contributed by atoms with Gasteiger partial charge in [-0.25, -0.2) is 0 Å². The molecule has 1 unspecified atom stereocenters. The third-order valence-corrected chi connectivity index (χ3v) is 2.41. The second-order valence-corrected chi connectivity index (χ2v) is 4.71. The molecule has 0 spiro atoms. The molecule has 0 heterocycles. The lowest BCUT2D eigenvalue weighted by Gasteiger charge is -2.29. The first-order valence-electron chi connectivity index (χ1n) is 5.18. The molecule has 3 nitrogen and oxygen atoms in total. The number of hydrogen-bond donors (Lipinski definition) is 2. The van der Waals surface area contributed by atoms with Crippen LogP contribution in [-0.4, -0.2) is 12.6 Å². The standard InChI is InChI=1S/C12H20N2O/c1-12(2,3)11(14-13)9-15-10-7-5-4-6-8-10/h4-8,11,14H,9,13H2,1-3H3. The average molecular weight is 208 g/mol. The lowest BCUT2D eigenvalue weighted by Crippen LogP contribution is -2.48. The van der Waals surface area contributed by atoms with Crippen molar-refractivity contribution in [3.8, 4) is 5.75 Å². The highest BCUT2D eigenvalue weighted by atomic mass is 16.5. The minimum atomic E-state index is 0.0868. The van der Waals surface area contributed by atoms with E-state index in [9.17, 15) is 0 Å². The molecular weight excluding hydrogens is 188 g/mol. The van der Waals surface area contributed by atoms with Gasteiger partial charge in [-0.2, -0.15) is 0 Å². The fraction of sp³-hybridized carbons (Fsp3) is 0.500. The lowest BCUT2D eigenvalue weighted by atomic mass is 9.88. The Morgan fingerprint density at radius 2 is 1.87 bits per heavy atom. The third kappa shape index (κ3) is 3.90. The highest BCUT2D eigenvalue weighted by Crippen LogP contribution is 2.19. The van der Waals surface area contributed by atoms with Crippen LogP contribution in [0, 0.1) is 5.41 Å². The van der Waals surface area contributed by atoms with Crippen LogP contribution in [-0.2, 0) is 0 Å². The molecule has 15 heavy (non-hydrogen) atoms. The molecule has 1 aromatic carbocycles. The molecule has 0 radical (unpaired) electrons. The number of hydrazine groups is 1. The number of benzene rings is 1. The van der Waals surface area contributed by atoms with Gasteiger partial charge in [0.25, 0.3) is 0 Å². The summed E-state index contributed by atoms with van der Waals surface area (Å²) in [4.78, 5) is 0. The van der Waals surface area contributed by atoms with Gasteiger partial charge in [0.2, 0.25) is 0 Å². The first-order chi connectivity index (χ1) is 7.04. The predicted molar refractivity (Wildman–Crippen MR) is 62.5 cm³/mol. The van der Waals surface area contributed by atoms with Crippen LogP contribution in [0.5, 0.6) is 5.75 Å². The molecule has 0 saturated carbocycles. The van der Waals surface area contributed by atoms with Crippen LogP contribution in [0.2, 0.25) is 0 Å². The summed E-state index contributed by atoms with van der Waals surface area (Å²) in [7, 11) is 0. The summed E-state index contributed by atoms with van der Waals surface area (Å²) in [6, 6.07) is 9.90. The van der Waals surface area contributed by atoms with Gasteiger partial charge in [-0.1, -0.05) is 39.0 Å². The molecule has 0 aliphatic heterocycles. The maximum Gasteiger partial charge on any atom is 0.119 e. The molecule has 0 saturated heterocycles. The monoisotopic (exact) mass is 208 g/mol. The molecule has 0 aromatic heterocycles. The molecule has 1 atom stereocenters. The van der Waals surface area contributed by atoms with E-state index in [2.05, 4.69) is 26.2 Å². The molecule has 84 valence electrons. The Labute approximate surface area is 91.6 Å². The van der Waals surface area contributed by atoms with Crippen LogP contribution in [0.1, 0.15) is 20.8 Å². The van der Waals surface area contributed by atoms with E-state index in [1.165, 1.54) is 0 Å². The Morgan fingerprint density at radius 1 is 1.27 bits per heavy atom. The highest BCUT2D eigenvalue weighted by molar-refractivity contribution is 5.20. The Morgan fingerprint density at radius 3 is 2.33 bits per heavy atom. The fourth-order valence-corrected chi connectivity index (χ4v) is 1.24. The Hall–Kier alpha value is -1.06. The van der Waals surface area contributed by atoms with Crippen LogP contribution >= 0.6 is 0 Å². The minimum Gasteiger partial charge on any atom is -0.492 e. The van der Waals surface area contributed by atoms with Crippen LogP contribution in [0.25, 0.3) is 0 Å². The molecule has 0 bridgehead atoms. The number of para-hydroxylation sites is 1. The SMILES string of the molecule is CC(C)(C)C(COc1ccccc1)NN. The molecule has 1 rings (SSSR count). The van der Waals surface area contributed by atoms with E-state index in [-0.39, 0.29) is 11.5 Å². The molecule has 3 N–H and O–H groups in total. The van der Waals surface area contributed by atoms with Crippen molar-refractivity contribution in [3.05, 3.63) is 30.3 Å². The van der Waals surface area contributed by atoms with E-state index in [0.29, 0.717) is 6.61 Å². The number of hydrogen-bond acceptors (Lipinski definition) is 3. The van der Waals surface area contributed by atoms with Gasteiger partial charge < -0.3 is 4.74 Å². The normalized spacial score (nSPS) is 13.6. The van der Waals surface area contributed by atoms with Gasteiger partial charge in [0.1, 0.15) is 12.4 Å². The molecule has 1 aromatic rings. The molecule has 0 aliphatic carbocycles. The zero-order valence-electron chi connectivity index (χ0n) is 9.66. The summed E-state index contributed by atoms with van der Waals surface area (Å²) < 4.78 is 5.64. The van der Waals surface area contributed by atoms with Gasteiger partial charge in [0.15, 0.2) is 0 Å². The first-order valence-corrected chi connectivity index (χ1v) is 5.18. The van der Waals surface area contributed by atoms with Gasteiger partial charge >= 0.3 is 0 Å². The van der Waals surface area contributed by atoms with E-state index in [0.717, 1.165) is 5.75 Å². The maximum absolute atomic E-state index is 5.64. The van der Waals surface area contributed by atoms with Gasteiger partial charge in [-0.05, 0) is 17.5 Å². The zero-order valence-corrected chi connectivity index (χ0v) is 9.66. The first kappa shape index (κ1) is 12.0. The van der Waals surface area contributed by atoms with Crippen molar-refractivity contribution >= 4 is 0 Å². The molecule has 0 aliphatic rings. The summed E-state index contributed by atoms with van der Waals surface area (Å²) in [6.45, 7) is 6.97. The minimum absolute atomic E-state index is 0.0868. The van der Waals surface area contributed by atoms with E-state index >= 15 is 0 Å². The summed E-state index contributed by atoms with van der Waals surface area (Å²) in [6.07, 6.45) is 0. The number of nitrogens with two attached hydrogens (primary N) is 1. The van der Waals surface area contributed by atoms with E-state index in [1.807, 2.05) is 30.3 Å². The molecule has 0 fully saturated rings. The van der Waals surface area contributed by atoms with Crippen molar-refractivity contribution < 1.29 is 4.74 Å². The van der Waals surface area contributed by atoms with Crippen LogP contribution in [0.3, 0.4) is 0 Å². The predicted octanol–water partition coefficient (Wildman–Crippen LogP) is 1.94. The Kier molecular flexibility index (Phi) is 4.12. The molecule has 3 heteroatoms. The van der Waals surface area contributed by atoms with Crippen LogP contribution in [0.4, 0.5) is 0 Å². The number of ether oxygens (including phenoxy) is 1. The van der Waals surface area contributed by atoms with Crippen molar-refractivity contribution in [3.63, 3.8) is 0 Å². The number of nitrogens with one attached hydrogen (secondary N) is 1. The van der Waals surface area contributed by atoms with Crippen molar-refractivity contribution in [1.29, 1.82) is 0 Å². The van der Waals surface area contributed by atoms with Gasteiger partial charge in [0.05, 0.1) is 6.04 Å². The summed E-state index contributed by atoms with van der Waals surface area (Å²) in [5, 5.41) is 0. The number of rotatable bonds is 4. The largest absolute Gasteiger partial charge is 0.492 e. The van der Waals surface area contributed by atoms with Crippen LogP contribution in [0.15, 0.2) is 30.3 Å². The van der Waals surface area contributed by atoms with Gasteiger partial charge in [-0.3, -0.25) is 11.3 Å². The van der Waals surface area contributed by atoms with Crippen molar-refractivity contribution in [2.75, 3.05) is 6.61 Å². The summed E-state index contributed by atoms with van der Waals surface area (Å²) >= 11 is 0. The second kappa shape index (κ2) is 5.14. The van der Waals surface area contributed by atoms with E-state index in [1.54, 1.807) is 0 Å². The maximum atomic E-state index is 5.64. The summed E-state index contributed by atoms with van der Waals surface area (Å²) in [5.41, 5.74) is 2.87. The van der Waals surface area contributed by atoms with Gasteiger partial charge in [0, 0.05) is 0 Å². The Bertz CT molecular complexity index is 279. The third-order valence-electron chi connectivity index (χ3n) is 2.41. The topological polar surface area (TPSA) is 47.3 Å². The van der Waals surface area contributed by atoms with Crippen LogP contribution < -0.4 is 16.0 Å². The van der Waals surface area contributed by atoms with Crippen molar-refractivity contribution in [2.24, 2.45) is 11.3 Å². The molecule has 0 amide bonds. The summed E-state index contributed by atoms with van der Waals surface area (Å²) in [5.74, 6) is 6.37. The Balaban J connectivity index is 2.49.